The Balaban J connectivity index is 5.36. The van der Waals surface area contributed by atoms with Crippen LogP contribution >= 0.6 is 15.6 Å². The second-order valence-electron chi connectivity index (χ2n) is 25.2. The number of allylic oxidation sites excluding steroid dienone is 18. The lowest BCUT2D eigenvalue weighted by Crippen LogP contribution is -2.30. The van der Waals surface area contributed by atoms with Crippen LogP contribution < -0.4 is 0 Å². The van der Waals surface area contributed by atoms with Crippen molar-refractivity contribution in [3.8, 4) is 0 Å². The fourth-order valence-electron chi connectivity index (χ4n) is 9.95. The number of ether oxygens (including phenoxy) is 4. The minimum atomic E-state index is -4.99. The van der Waals surface area contributed by atoms with E-state index < -0.39 is 97.5 Å². The lowest BCUT2D eigenvalue weighted by molar-refractivity contribution is -0.161. The molecule has 564 valence electrons. The number of rotatable bonds is 71. The smallest absolute Gasteiger partial charge is 0.462 e. The van der Waals surface area contributed by atoms with E-state index in [0.717, 1.165) is 154 Å². The molecule has 17 nitrogen and oxygen atoms in total. The van der Waals surface area contributed by atoms with Gasteiger partial charge in [0.25, 0.3) is 0 Å². The van der Waals surface area contributed by atoms with Crippen LogP contribution in [0.25, 0.3) is 0 Å². The average Bonchev–Trinajstić information content (AvgIpc) is 0.992. The zero-order valence-corrected chi connectivity index (χ0v) is 63.2. The number of phosphoric ester groups is 2. The Morgan fingerprint density at radius 3 is 0.878 bits per heavy atom. The van der Waals surface area contributed by atoms with Crippen molar-refractivity contribution in [2.24, 2.45) is 0 Å². The maximum atomic E-state index is 13.1. The molecule has 0 saturated heterocycles. The molecule has 0 aliphatic carbocycles. The summed E-state index contributed by atoms with van der Waals surface area (Å²) < 4.78 is 68.4. The Hall–Kier alpha value is -4.28. The highest BCUT2D eigenvalue weighted by atomic mass is 31.2. The highest BCUT2D eigenvalue weighted by Gasteiger charge is 2.30. The van der Waals surface area contributed by atoms with Gasteiger partial charge in [-0.25, -0.2) is 9.13 Å². The SMILES string of the molecule is CC/C=C\C/C=C\C/C=C\C/C=C\CCCCCCCCC(=O)OCC(COP(=O)(O)OCC(O)COP(=O)(O)OCC(COC(=O)CCCCCCCCCCCCCCC)OC(=O)CCCCCCC/C=C\CCCC)OC(=O)CCCC/C=C\C/C=C\C/C=C\C/C=C\CC. The third kappa shape index (κ3) is 70.2. The minimum absolute atomic E-state index is 0.0379. The third-order valence-corrected chi connectivity index (χ3v) is 17.6. The van der Waals surface area contributed by atoms with Crippen molar-refractivity contribution >= 4 is 39.5 Å². The highest BCUT2D eigenvalue weighted by Crippen LogP contribution is 2.45. The fraction of sp³-hybridized carbons (Fsp3) is 0.722. The largest absolute Gasteiger partial charge is 0.472 e. The number of phosphoric acid groups is 2. The topological polar surface area (TPSA) is 237 Å². The Morgan fingerprint density at radius 2 is 0.541 bits per heavy atom. The summed E-state index contributed by atoms with van der Waals surface area (Å²) in [5.41, 5.74) is 0. The molecule has 0 aliphatic rings. The Labute approximate surface area is 594 Å². The van der Waals surface area contributed by atoms with Gasteiger partial charge in [-0.3, -0.25) is 37.3 Å². The molecule has 19 heteroatoms. The molecule has 5 unspecified atom stereocenters. The maximum absolute atomic E-state index is 13.1. The monoisotopic (exact) mass is 1420 g/mol. The molecule has 0 aromatic heterocycles. The Bertz CT molecular complexity index is 2290. The number of unbranched alkanes of at least 4 members (excludes halogenated alkanes) is 27. The van der Waals surface area contributed by atoms with E-state index in [4.69, 9.17) is 37.0 Å². The lowest BCUT2D eigenvalue weighted by atomic mass is 10.0. The van der Waals surface area contributed by atoms with Crippen LogP contribution in [-0.4, -0.2) is 96.7 Å². The van der Waals surface area contributed by atoms with Gasteiger partial charge in [0.15, 0.2) is 12.2 Å². The van der Waals surface area contributed by atoms with Crippen LogP contribution in [0.1, 0.15) is 310 Å². The Kier molecular flexibility index (Phi) is 68.0. The molecule has 0 heterocycles. The van der Waals surface area contributed by atoms with Crippen LogP contribution in [0.2, 0.25) is 0 Å². The van der Waals surface area contributed by atoms with Gasteiger partial charge in [-0.1, -0.05) is 272 Å². The molecule has 0 amide bonds. The van der Waals surface area contributed by atoms with E-state index in [9.17, 15) is 43.2 Å². The summed E-state index contributed by atoms with van der Waals surface area (Å²) in [4.78, 5) is 72.8. The molecule has 98 heavy (non-hydrogen) atoms. The molecule has 0 saturated carbocycles. The number of carbonyl (C=O) groups is 4. The van der Waals surface area contributed by atoms with Gasteiger partial charge < -0.3 is 33.8 Å². The van der Waals surface area contributed by atoms with E-state index >= 15 is 0 Å². The Morgan fingerprint density at radius 1 is 0.296 bits per heavy atom. The first-order valence-electron chi connectivity index (χ1n) is 38.1. The van der Waals surface area contributed by atoms with Crippen LogP contribution in [0.3, 0.4) is 0 Å². The minimum Gasteiger partial charge on any atom is -0.462 e. The molecule has 0 fully saturated rings. The number of hydrogen-bond donors (Lipinski definition) is 3. The van der Waals surface area contributed by atoms with E-state index in [1.54, 1.807) is 0 Å². The van der Waals surface area contributed by atoms with Gasteiger partial charge in [0.05, 0.1) is 26.4 Å². The van der Waals surface area contributed by atoms with E-state index in [-0.39, 0.29) is 25.7 Å². The summed E-state index contributed by atoms with van der Waals surface area (Å²) in [7, 11) is -9.96. The zero-order valence-electron chi connectivity index (χ0n) is 61.4. The first-order chi connectivity index (χ1) is 47.7. The van der Waals surface area contributed by atoms with E-state index in [1.165, 1.54) is 70.6 Å². The second-order valence-corrected chi connectivity index (χ2v) is 28.1. The summed E-state index contributed by atoms with van der Waals surface area (Å²) in [5.74, 6) is -2.24. The van der Waals surface area contributed by atoms with Gasteiger partial charge in [0.2, 0.25) is 0 Å². The van der Waals surface area contributed by atoms with Crippen molar-refractivity contribution < 1.29 is 80.2 Å². The van der Waals surface area contributed by atoms with Crippen LogP contribution in [-0.2, 0) is 65.4 Å². The number of aliphatic hydroxyl groups is 1. The van der Waals surface area contributed by atoms with Crippen LogP contribution in [0, 0.1) is 0 Å². The summed E-state index contributed by atoms with van der Waals surface area (Å²) in [6.45, 7) is 4.54. The van der Waals surface area contributed by atoms with Crippen LogP contribution in [0.5, 0.6) is 0 Å². The predicted octanol–water partition coefficient (Wildman–Crippen LogP) is 21.8. The van der Waals surface area contributed by atoms with Crippen LogP contribution in [0.15, 0.2) is 109 Å². The number of esters is 4. The van der Waals surface area contributed by atoms with Crippen molar-refractivity contribution in [1.29, 1.82) is 0 Å². The van der Waals surface area contributed by atoms with Crippen molar-refractivity contribution in [2.75, 3.05) is 39.6 Å². The van der Waals surface area contributed by atoms with Crippen LogP contribution in [0.4, 0.5) is 0 Å². The van der Waals surface area contributed by atoms with Crippen molar-refractivity contribution in [3.63, 3.8) is 0 Å². The van der Waals surface area contributed by atoms with E-state index in [0.29, 0.717) is 32.1 Å². The summed E-state index contributed by atoms with van der Waals surface area (Å²) in [6.07, 6.45) is 75.2. The third-order valence-electron chi connectivity index (χ3n) is 15.7. The lowest BCUT2D eigenvalue weighted by Gasteiger charge is -2.21. The van der Waals surface area contributed by atoms with E-state index in [1.807, 2.05) is 0 Å². The fourth-order valence-corrected chi connectivity index (χ4v) is 11.5. The first kappa shape index (κ1) is 93.7. The quantitative estimate of drug-likeness (QED) is 0.0169. The number of carbonyl (C=O) groups excluding carboxylic acids is 4. The molecule has 0 spiro atoms. The molecular formula is C79H136O17P2. The second kappa shape index (κ2) is 71.1. The first-order valence-corrected chi connectivity index (χ1v) is 41.1. The predicted molar refractivity (Wildman–Crippen MR) is 399 cm³/mol. The van der Waals surface area contributed by atoms with Crippen molar-refractivity contribution in [3.05, 3.63) is 109 Å². The molecule has 0 aromatic rings. The van der Waals surface area contributed by atoms with Gasteiger partial charge in [-0.2, -0.15) is 0 Å². The van der Waals surface area contributed by atoms with Gasteiger partial charge in [-0.15, -0.1) is 0 Å². The molecule has 0 aromatic carbocycles. The molecular weight excluding hydrogens is 1280 g/mol. The molecule has 3 N–H and O–H groups in total. The molecule has 0 radical (unpaired) electrons. The van der Waals surface area contributed by atoms with Crippen molar-refractivity contribution in [2.45, 2.75) is 329 Å². The molecule has 0 rings (SSSR count). The maximum Gasteiger partial charge on any atom is 0.472 e. The number of hydrogen-bond acceptors (Lipinski definition) is 15. The van der Waals surface area contributed by atoms with Gasteiger partial charge in [0, 0.05) is 25.7 Å². The highest BCUT2D eigenvalue weighted by molar-refractivity contribution is 7.47. The summed E-state index contributed by atoms with van der Waals surface area (Å²) in [6, 6.07) is 0. The molecule has 5 atom stereocenters. The normalized spacial score (nSPS) is 14.6. The van der Waals surface area contributed by atoms with Crippen molar-refractivity contribution in [1.82, 2.24) is 0 Å². The summed E-state index contributed by atoms with van der Waals surface area (Å²) >= 11 is 0. The van der Waals surface area contributed by atoms with Gasteiger partial charge in [0.1, 0.15) is 19.3 Å². The molecule has 0 aliphatic heterocycles. The number of aliphatic hydroxyl groups excluding tert-OH is 1. The standard InChI is InChI=1S/C79H136O17P2/c1-5-9-13-17-21-25-29-32-34-35-36-37-39-41-45-48-52-56-60-64-77(82)90-70-75(96-79(84)66-62-58-54-50-46-42-38-33-30-26-22-18-14-10-6-2)72-94-98(87,88)92-68-73(80)67-91-97(85,86)93-71-74(95-78(83)65-61-57-53-49-43-28-24-20-16-12-8-4)69-89-76(81)63-59-55-51-47-44-40-31-27-23-19-15-11-7-3/h9-10,13-14,20-22,24-26,32-34,36-38,46,50,73-75,80H,5-8,11-12,15-19,23,27-31,35,39-45,47-49,51-72H2,1-4H3,(H,85,86)(H,87,88)/b13-9-,14-10-,24-20-,25-21-,26-22-,34-32-,37-36-,38-33-,50-46-. The average molecular weight is 1420 g/mol. The van der Waals surface area contributed by atoms with Gasteiger partial charge >= 0.3 is 39.5 Å². The van der Waals surface area contributed by atoms with E-state index in [2.05, 4.69) is 137 Å². The zero-order chi connectivity index (χ0) is 71.8. The summed E-state index contributed by atoms with van der Waals surface area (Å²) in [5, 5.41) is 10.6. The van der Waals surface area contributed by atoms with Gasteiger partial charge in [-0.05, 0) is 122 Å². The molecule has 0 bridgehead atoms.